The standard InChI is InChI=1S/C15H17N3O3/c1-10-14(17-9-18-15(10)21-2)16-8-12-6-4-3-5-11(12)7-13(19)20/h3-6,9H,7-8H2,1-2H3,(H,19,20)(H,16,17,18). The van der Waals surface area contributed by atoms with E-state index in [-0.39, 0.29) is 6.42 Å². The van der Waals surface area contributed by atoms with Crippen LogP contribution in [0.3, 0.4) is 0 Å². The minimum atomic E-state index is -0.845. The zero-order valence-corrected chi connectivity index (χ0v) is 12.0. The summed E-state index contributed by atoms with van der Waals surface area (Å²) >= 11 is 0. The number of carboxylic acid groups (broad SMARTS) is 1. The molecule has 6 nitrogen and oxygen atoms in total. The van der Waals surface area contributed by atoms with Crippen LogP contribution in [-0.4, -0.2) is 28.2 Å². The van der Waals surface area contributed by atoms with Crippen molar-refractivity contribution in [1.29, 1.82) is 0 Å². The van der Waals surface area contributed by atoms with Crippen molar-refractivity contribution in [2.75, 3.05) is 12.4 Å². The van der Waals surface area contributed by atoms with E-state index in [1.54, 1.807) is 7.11 Å². The van der Waals surface area contributed by atoms with E-state index in [0.29, 0.717) is 18.2 Å². The van der Waals surface area contributed by atoms with Gasteiger partial charge in [0.2, 0.25) is 5.88 Å². The number of nitrogens with one attached hydrogen (secondary N) is 1. The first-order valence-electron chi connectivity index (χ1n) is 6.50. The first-order chi connectivity index (χ1) is 10.1. The van der Waals surface area contributed by atoms with Gasteiger partial charge in [-0.3, -0.25) is 4.79 Å². The van der Waals surface area contributed by atoms with E-state index in [0.717, 1.165) is 16.7 Å². The Morgan fingerprint density at radius 2 is 2.00 bits per heavy atom. The van der Waals surface area contributed by atoms with Gasteiger partial charge in [-0.15, -0.1) is 0 Å². The molecule has 0 radical (unpaired) electrons. The Balaban J connectivity index is 2.15. The van der Waals surface area contributed by atoms with Crippen molar-refractivity contribution < 1.29 is 14.6 Å². The lowest BCUT2D eigenvalue weighted by Gasteiger charge is -2.12. The number of hydrogen-bond donors (Lipinski definition) is 2. The van der Waals surface area contributed by atoms with Gasteiger partial charge in [0.25, 0.3) is 0 Å². The fourth-order valence-corrected chi connectivity index (χ4v) is 2.06. The van der Waals surface area contributed by atoms with E-state index < -0.39 is 5.97 Å². The number of aromatic nitrogens is 2. The van der Waals surface area contributed by atoms with E-state index in [2.05, 4.69) is 15.3 Å². The quantitative estimate of drug-likeness (QED) is 0.845. The Morgan fingerprint density at radius 1 is 1.29 bits per heavy atom. The van der Waals surface area contributed by atoms with Crippen LogP contribution in [0.15, 0.2) is 30.6 Å². The average molecular weight is 287 g/mol. The molecule has 0 aliphatic rings. The summed E-state index contributed by atoms with van der Waals surface area (Å²) in [7, 11) is 1.56. The normalized spacial score (nSPS) is 10.2. The summed E-state index contributed by atoms with van der Waals surface area (Å²) in [5.41, 5.74) is 2.53. The van der Waals surface area contributed by atoms with Gasteiger partial charge >= 0.3 is 5.97 Å². The van der Waals surface area contributed by atoms with Crippen molar-refractivity contribution in [2.24, 2.45) is 0 Å². The zero-order valence-electron chi connectivity index (χ0n) is 12.0. The number of nitrogens with zero attached hydrogens (tertiary/aromatic N) is 2. The third-order valence-electron chi connectivity index (χ3n) is 3.14. The van der Waals surface area contributed by atoms with Gasteiger partial charge in [-0.2, -0.15) is 0 Å². The smallest absolute Gasteiger partial charge is 0.307 e. The molecule has 1 heterocycles. The maximum Gasteiger partial charge on any atom is 0.307 e. The van der Waals surface area contributed by atoms with Crippen molar-refractivity contribution in [3.8, 4) is 5.88 Å². The van der Waals surface area contributed by atoms with Gasteiger partial charge in [-0.1, -0.05) is 24.3 Å². The lowest BCUT2D eigenvalue weighted by Crippen LogP contribution is -2.09. The van der Waals surface area contributed by atoms with Crippen molar-refractivity contribution in [1.82, 2.24) is 9.97 Å². The summed E-state index contributed by atoms with van der Waals surface area (Å²) in [6.45, 7) is 2.36. The number of anilines is 1. The van der Waals surface area contributed by atoms with E-state index in [9.17, 15) is 4.79 Å². The molecular weight excluding hydrogens is 270 g/mol. The molecule has 0 spiro atoms. The number of rotatable bonds is 6. The van der Waals surface area contributed by atoms with Crippen LogP contribution >= 0.6 is 0 Å². The van der Waals surface area contributed by atoms with Gasteiger partial charge in [0.05, 0.1) is 19.1 Å². The lowest BCUT2D eigenvalue weighted by molar-refractivity contribution is -0.136. The minimum Gasteiger partial charge on any atom is -0.481 e. The molecule has 0 saturated heterocycles. The van der Waals surface area contributed by atoms with Crippen LogP contribution in [0.2, 0.25) is 0 Å². The number of ether oxygens (including phenoxy) is 1. The second kappa shape index (κ2) is 6.69. The third kappa shape index (κ3) is 3.68. The van der Waals surface area contributed by atoms with Crippen LogP contribution in [0, 0.1) is 6.92 Å². The predicted molar refractivity (Wildman–Crippen MR) is 78.4 cm³/mol. The fourth-order valence-electron chi connectivity index (χ4n) is 2.06. The molecule has 110 valence electrons. The van der Waals surface area contributed by atoms with Crippen LogP contribution in [0.5, 0.6) is 5.88 Å². The van der Waals surface area contributed by atoms with Gasteiger partial charge in [-0.05, 0) is 18.1 Å². The number of hydrogen-bond acceptors (Lipinski definition) is 5. The molecule has 0 aliphatic heterocycles. The van der Waals surface area contributed by atoms with Crippen LogP contribution < -0.4 is 10.1 Å². The summed E-state index contributed by atoms with van der Waals surface area (Å²) in [6.07, 6.45) is 1.43. The highest BCUT2D eigenvalue weighted by Crippen LogP contribution is 2.21. The number of carboxylic acids is 1. The maximum atomic E-state index is 10.9. The van der Waals surface area contributed by atoms with Crippen LogP contribution in [0.4, 0.5) is 5.82 Å². The molecule has 0 aliphatic carbocycles. The van der Waals surface area contributed by atoms with Gasteiger partial charge in [0.15, 0.2) is 0 Å². The van der Waals surface area contributed by atoms with Crippen molar-refractivity contribution in [2.45, 2.75) is 19.9 Å². The molecule has 1 aromatic carbocycles. The molecule has 0 fully saturated rings. The second-order valence-corrected chi connectivity index (χ2v) is 4.55. The van der Waals surface area contributed by atoms with Crippen LogP contribution in [-0.2, 0) is 17.8 Å². The number of aliphatic carboxylic acids is 1. The molecule has 0 bridgehead atoms. The number of carbonyl (C=O) groups is 1. The maximum absolute atomic E-state index is 10.9. The summed E-state index contributed by atoms with van der Waals surface area (Å²) in [4.78, 5) is 19.1. The number of methoxy groups -OCH3 is 1. The molecule has 21 heavy (non-hydrogen) atoms. The topological polar surface area (TPSA) is 84.3 Å². The van der Waals surface area contributed by atoms with Crippen molar-refractivity contribution in [3.63, 3.8) is 0 Å². The first kappa shape index (κ1) is 14.8. The van der Waals surface area contributed by atoms with E-state index in [4.69, 9.17) is 9.84 Å². The van der Waals surface area contributed by atoms with Crippen molar-refractivity contribution >= 4 is 11.8 Å². The summed E-state index contributed by atoms with van der Waals surface area (Å²) in [5, 5.41) is 12.1. The van der Waals surface area contributed by atoms with Gasteiger partial charge < -0.3 is 15.2 Å². The first-order valence-corrected chi connectivity index (χ1v) is 6.50. The van der Waals surface area contributed by atoms with Gasteiger partial charge in [-0.25, -0.2) is 9.97 Å². The minimum absolute atomic E-state index is 0.00390. The number of benzene rings is 1. The fraction of sp³-hybridized carbons (Fsp3) is 0.267. The van der Waals surface area contributed by atoms with Crippen LogP contribution in [0.1, 0.15) is 16.7 Å². The molecule has 1 aromatic heterocycles. The predicted octanol–water partition coefficient (Wildman–Crippen LogP) is 2.03. The molecule has 2 aromatic rings. The molecule has 0 unspecified atom stereocenters. The zero-order chi connectivity index (χ0) is 15.2. The Morgan fingerprint density at radius 3 is 2.67 bits per heavy atom. The van der Waals surface area contributed by atoms with E-state index in [1.807, 2.05) is 31.2 Å². The van der Waals surface area contributed by atoms with Gasteiger partial charge in [0.1, 0.15) is 12.1 Å². The summed E-state index contributed by atoms with van der Waals surface area (Å²) in [6, 6.07) is 7.44. The molecule has 0 atom stereocenters. The Bertz CT molecular complexity index is 644. The highest BCUT2D eigenvalue weighted by Gasteiger charge is 2.09. The van der Waals surface area contributed by atoms with Crippen molar-refractivity contribution in [3.05, 3.63) is 47.3 Å². The van der Waals surface area contributed by atoms with Crippen LogP contribution in [0.25, 0.3) is 0 Å². The monoisotopic (exact) mass is 287 g/mol. The highest BCUT2D eigenvalue weighted by atomic mass is 16.5. The molecule has 0 amide bonds. The van der Waals surface area contributed by atoms with E-state index in [1.165, 1.54) is 6.33 Å². The molecular formula is C15H17N3O3. The largest absolute Gasteiger partial charge is 0.481 e. The molecule has 6 heteroatoms. The Labute approximate surface area is 122 Å². The highest BCUT2D eigenvalue weighted by molar-refractivity contribution is 5.70. The molecule has 2 N–H and O–H groups in total. The Hall–Kier alpha value is -2.63. The average Bonchev–Trinajstić information content (AvgIpc) is 2.47. The summed E-state index contributed by atoms with van der Waals surface area (Å²) in [5.74, 6) is 0.348. The second-order valence-electron chi connectivity index (χ2n) is 4.55. The molecule has 0 saturated carbocycles. The third-order valence-corrected chi connectivity index (χ3v) is 3.14. The van der Waals surface area contributed by atoms with Gasteiger partial charge in [0, 0.05) is 6.54 Å². The Kier molecular flexibility index (Phi) is 4.71. The molecule has 2 rings (SSSR count). The lowest BCUT2D eigenvalue weighted by atomic mass is 10.0. The SMILES string of the molecule is COc1ncnc(NCc2ccccc2CC(=O)O)c1C. The van der Waals surface area contributed by atoms with E-state index >= 15 is 0 Å². The summed E-state index contributed by atoms with van der Waals surface area (Å²) < 4.78 is 5.15.